The van der Waals surface area contributed by atoms with Crippen LogP contribution >= 0.6 is 0 Å². The average Bonchev–Trinajstić information content (AvgIpc) is 2.41. The van der Waals surface area contributed by atoms with E-state index >= 15 is 0 Å². The fraction of sp³-hybridized carbons (Fsp3) is 0.643. The standard InChI is InChI=1S/C14H22N2O/c17-14(13-7-3-1-4-8-13)15-9-12-16-10-5-2-6-11-16/h3,7-8H,1-2,4-6,9-12H2,(H,15,17). The number of allylic oxidation sites excluding steroid dienone is 2. The summed E-state index contributed by atoms with van der Waals surface area (Å²) in [6.07, 6.45) is 12.1. The molecule has 3 heteroatoms. The maximum atomic E-state index is 11.8. The highest BCUT2D eigenvalue weighted by Crippen LogP contribution is 2.10. The van der Waals surface area contributed by atoms with Crippen LogP contribution in [0.5, 0.6) is 0 Å². The van der Waals surface area contributed by atoms with Crippen molar-refractivity contribution in [2.45, 2.75) is 32.1 Å². The van der Waals surface area contributed by atoms with Crippen molar-refractivity contribution in [2.24, 2.45) is 0 Å². The van der Waals surface area contributed by atoms with Gasteiger partial charge in [0.15, 0.2) is 0 Å². The minimum absolute atomic E-state index is 0.0814. The molecule has 1 saturated heterocycles. The normalized spacial score (nSPS) is 21.1. The molecular weight excluding hydrogens is 212 g/mol. The lowest BCUT2D eigenvalue weighted by molar-refractivity contribution is -0.117. The Balaban J connectivity index is 1.65. The third kappa shape index (κ3) is 4.00. The van der Waals surface area contributed by atoms with E-state index < -0.39 is 0 Å². The van der Waals surface area contributed by atoms with Crippen LogP contribution in [0.4, 0.5) is 0 Å². The van der Waals surface area contributed by atoms with Crippen molar-refractivity contribution >= 4 is 5.91 Å². The zero-order valence-corrected chi connectivity index (χ0v) is 10.5. The molecule has 17 heavy (non-hydrogen) atoms. The number of rotatable bonds is 4. The largest absolute Gasteiger partial charge is 0.351 e. The summed E-state index contributed by atoms with van der Waals surface area (Å²) in [5.41, 5.74) is 0.829. The smallest absolute Gasteiger partial charge is 0.250 e. The number of piperidine rings is 1. The van der Waals surface area contributed by atoms with Crippen molar-refractivity contribution in [1.82, 2.24) is 10.2 Å². The molecular formula is C14H22N2O. The Bertz CT molecular complexity index is 314. The lowest BCUT2D eigenvalue weighted by Gasteiger charge is -2.26. The van der Waals surface area contributed by atoms with Crippen molar-refractivity contribution in [3.05, 3.63) is 23.8 Å². The fourth-order valence-electron chi connectivity index (χ4n) is 2.39. The van der Waals surface area contributed by atoms with Gasteiger partial charge in [-0.1, -0.05) is 24.6 Å². The molecule has 1 heterocycles. The summed E-state index contributed by atoms with van der Waals surface area (Å²) in [7, 11) is 0. The van der Waals surface area contributed by atoms with Crippen LogP contribution in [-0.2, 0) is 4.79 Å². The van der Waals surface area contributed by atoms with Gasteiger partial charge in [0, 0.05) is 18.7 Å². The molecule has 94 valence electrons. The van der Waals surface area contributed by atoms with E-state index in [-0.39, 0.29) is 5.91 Å². The van der Waals surface area contributed by atoms with Gasteiger partial charge in [0.2, 0.25) is 0 Å². The van der Waals surface area contributed by atoms with Gasteiger partial charge in [-0.15, -0.1) is 0 Å². The number of nitrogens with zero attached hydrogens (tertiary/aromatic N) is 1. The summed E-state index contributed by atoms with van der Waals surface area (Å²) in [6, 6.07) is 0. The SMILES string of the molecule is O=C(NCCN1CCCCC1)C1=CCCC=C1. The molecule has 0 saturated carbocycles. The zero-order valence-electron chi connectivity index (χ0n) is 10.5. The molecule has 0 aromatic carbocycles. The summed E-state index contributed by atoms with van der Waals surface area (Å²) in [4.78, 5) is 14.2. The molecule has 3 nitrogen and oxygen atoms in total. The number of carbonyl (C=O) groups is 1. The highest BCUT2D eigenvalue weighted by atomic mass is 16.1. The number of hydrogen-bond donors (Lipinski definition) is 1. The first-order valence-corrected chi connectivity index (χ1v) is 6.73. The van der Waals surface area contributed by atoms with Crippen molar-refractivity contribution < 1.29 is 4.79 Å². The van der Waals surface area contributed by atoms with Crippen molar-refractivity contribution in [3.8, 4) is 0 Å². The van der Waals surface area contributed by atoms with Crippen molar-refractivity contribution in [1.29, 1.82) is 0 Å². The van der Waals surface area contributed by atoms with E-state index in [2.05, 4.69) is 16.3 Å². The van der Waals surface area contributed by atoms with Crippen LogP contribution in [-0.4, -0.2) is 37.0 Å². The second kappa shape index (κ2) is 6.60. The molecule has 0 radical (unpaired) electrons. The van der Waals surface area contributed by atoms with Crippen LogP contribution < -0.4 is 5.32 Å². The van der Waals surface area contributed by atoms with Gasteiger partial charge in [0.1, 0.15) is 0 Å². The van der Waals surface area contributed by atoms with Crippen LogP contribution in [0.25, 0.3) is 0 Å². The van der Waals surface area contributed by atoms with E-state index in [0.717, 1.165) is 31.5 Å². The second-order valence-corrected chi connectivity index (χ2v) is 4.80. The fourth-order valence-corrected chi connectivity index (χ4v) is 2.39. The Morgan fingerprint density at radius 3 is 2.76 bits per heavy atom. The van der Waals surface area contributed by atoms with Gasteiger partial charge in [0.05, 0.1) is 0 Å². The topological polar surface area (TPSA) is 32.3 Å². The number of likely N-dealkylation sites (tertiary alicyclic amines) is 1. The third-order valence-electron chi connectivity index (χ3n) is 3.42. The predicted molar refractivity (Wildman–Crippen MR) is 69.8 cm³/mol. The molecule has 0 aromatic heterocycles. The first-order chi connectivity index (χ1) is 8.36. The number of carbonyl (C=O) groups excluding carboxylic acids is 1. The van der Waals surface area contributed by atoms with E-state index in [1.165, 1.54) is 32.4 Å². The Labute approximate surface area is 104 Å². The molecule has 1 N–H and O–H groups in total. The van der Waals surface area contributed by atoms with Gasteiger partial charge in [-0.2, -0.15) is 0 Å². The maximum absolute atomic E-state index is 11.8. The Kier molecular flexibility index (Phi) is 4.80. The Hall–Kier alpha value is -1.09. The molecule has 1 aliphatic carbocycles. The van der Waals surface area contributed by atoms with Gasteiger partial charge in [0.25, 0.3) is 5.91 Å². The van der Waals surface area contributed by atoms with Gasteiger partial charge in [-0.3, -0.25) is 4.79 Å². The highest BCUT2D eigenvalue weighted by Gasteiger charge is 2.11. The Morgan fingerprint density at radius 1 is 1.24 bits per heavy atom. The number of nitrogens with one attached hydrogen (secondary N) is 1. The van der Waals surface area contributed by atoms with Gasteiger partial charge < -0.3 is 10.2 Å². The van der Waals surface area contributed by atoms with E-state index in [0.29, 0.717) is 0 Å². The molecule has 0 aromatic rings. The molecule has 2 aliphatic rings. The van der Waals surface area contributed by atoms with Gasteiger partial charge >= 0.3 is 0 Å². The van der Waals surface area contributed by atoms with Gasteiger partial charge in [-0.05, 0) is 38.8 Å². The lowest BCUT2D eigenvalue weighted by Crippen LogP contribution is -2.38. The molecule has 1 aliphatic heterocycles. The van der Waals surface area contributed by atoms with Crippen LogP contribution in [0.3, 0.4) is 0 Å². The summed E-state index contributed by atoms with van der Waals surface area (Å²) in [5, 5.41) is 3.00. The van der Waals surface area contributed by atoms with E-state index in [4.69, 9.17) is 0 Å². The first-order valence-electron chi connectivity index (χ1n) is 6.73. The Morgan fingerprint density at radius 2 is 2.06 bits per heavy atom. The van der Waals surface area contributed by atoms with E-state index in [1.54, 1.807) is 0 Å². The molecule has 1 fully saturated rings. The summed E-state index contributed by atoms with van der Waals surface area (Å²) in [5.74, 6) is 0.0814. The van der Waals surface area contributed by atoms with Crippen LogP contribution in [0.2, 0.25) is 0 Å². The molecule has 1 amide bonds. The number of amides is 1. The monoisotopic (exact) mass is 234 g/mol. The number of hydrogen-bond acceptors (Lipinski definition) is 2. The van der Waals surface area contributed by atoms with Crippen LogP contribution in [0.1, 0.15) is 32.1 Å². The van der Waals surface area contributed by atoms with Crippen molar-refractivity contribution in [2.75, 3.05) is 26.2 Å². The minimum Gasteiger partial charge on any atom is -0.351 e. The zero-order chi connectivity index (χ0) is 11.9. The van der Waals surface area contributed by atoms with Crippen LogP contribution in [0, 0.1) is 0 Å². The van der Waals surface area contributed by atoms with Gasteiger partial charge in [-0.25, -0.2) is 0 Å². The van der Waals surface area contributed by atoms with Crippen molar-refractivity contribution in [3.63, 3.8) is 0 Å². The average molecular weight is 234 g/mol. The summed E-state index contributed by atoms with van der Waals surface area (Å²) >= 11 is 0. The van der Waals surface area contributed by atoms with E-state index in [1.807, 2.05) is 12.2 Å². The first kappa shape index (κ1) is 12.4. The summed E-state index contributed by atoms with van der Waals surface area (Å²) < 4.78 is 0. The van der Waals surface area contributed by atoms with Crippen LogP contribution in [0.15, 0.2) is 23.8 Å². The third-order valence-corrected chi connectivity index (χ3v) is 3.42. The second-order valence-electron chi connectivity index (χ2n) is 4.80. The molecule has 0 unspecified atom stereocenters. The predicted octanol–water partition coefficient (Wildman–Crippen LogP) is 1.86. The minimum atomic E-state index is 0.0814. The molecule has 0 atom stereocenters. The maximum Gasteiger partial charge on any atom is 0.250 e. The molecule has 0 spiro atoms. The highest BCUT2D eigenvalue weighted by molar-refractivity contribution is 5.96. The van der Waals surface area contributed by atoms with E-state index in [9.17, 15) is 4.79 Å². The lowest BCUT2D eigenvalue weighted by atomic mass is 10.1. The molecule has 0 bridgehead atoms. The summed E-state index contributed by atoms with van der Waals surface area (Å²) in [6.45, 7) is 4.14. The molecule has 2 rings (SSSR count). The quantitative estimate of drug-likeness (QED) is 0.805.